The first kappa shape index (κ1) is 17.3. The van der Waals surface area contributed by atoms with Gasteiger partial charge in [0.2, 0.25) is 0 Å². The van der Waals surface area contributed by atoms with Crippen molar-refractivity contribution in [3.8, 4) is 0 Å². The highest BCUT2D eigenvalue weighted by Gasteiger charge is 2.09. The van der Waals surface area contributed by atoms with Crippen LogP contribution in [-0.2, 0) is 0 Å². The third kappa shape index (κ3) is 4.50. The Bertz CT molecular complexity index is 928. The van der Waals surface area contributed by atoms with E-state index in [2.05, 4.69) is 15.6 Å². The number of amides is 1. The van der Waals surface area contributed by atoms with Crippen LogP contribution < -0.4 is 10.6 Å². The topological polar surface area (TPSA) is 54.0 Å². The standard InChI is InChI=1S/C19H15Cl2N3O/c1-12-3-2-4-15(7-12)24-19(25)13-8-16(11-22-10-13)23-18-6-5-14(20)9-17(18)21/h2-11,23H,1H3,(H,24,25). The minimum absolute atomic E-state index is 0.232. The van der Waals surface area contributed by atoms with Crippen LogP contribution in [-0.4, -0.2) is 10.9 Å². The van der Waals surface area contributed by atoms with Gasteiger partial charge in [-0.3, -0.25) is 9.78 Å². The predicted molar refractivity (Wildman–Crippen MR) is 103 cm³/mol. The molecule has 0 spiro atoms. The average Bonchev–Trinajstić information content (AvgIpc) is 2.58. The second kappa shape index (κ2) is 7.55. The molecule has 0 bridgehead atoms. The van der Waals surface area contributed by atoms with Crippen LogP contribution in [0.25, 0.3) is 0 Å². The third-order valence-electron chi connectivity index (χ3n) is 3.49. The number of carbonyl (C=O) groups is 1. The highest BCUT2D eigenvalue weighted by atomic mass is 35.5. The smallest absolute Gasteiger partial charge is 0.257 e. The molecule has 3 aromatic rings. The van der Waals surface area contributed by atoms with Crippen LogP contribution in [0.5, 0.6) is 0 Å². The summed E-state index contributed by atoms with van der Waals surface area (Å²) in [5.74, 6) is -0.232. The molecule has 0 fully saturated rings. The summed E-state index contributed by atoms with van der Waals surface area (Å²) in [6.45, 7) is 1.97. The number of benzene rings is 2. The van der Waals surface area contributed by atoms with E-state index < -0.39 is 0 Å². The van der Waals surface area contributed by atoms with E-state index in [1.54, 1.807) is 30.5 Å². The predicted octanol–water partition coefficient (Wildman–Crippen LogP) is 5.69. The highest BCUT2D eigenvalue weighted by molar-refractivity contribution is 6.36. The Labute approximate surface area is 155 Å². The number of nitrogens with zero attached hydrogens (tertiary/aromatic N) is 1. The molecule has 0 saturated heterocycles. The number of rotatable bonds is 4. The van der Waals surface area contributed by atoms with Crippen molar-refractivity contribution in [1.82, 2.24) is 4.98 Å². The minimum Gasteiger partial charge on any atom is -0.353 e. The molecule has 0 saturated carbocycles. The van der Waals surface area contributed by atoms with Gasteiger partial charge in [-0.05, 0) is 48.9 Å². The maximum atomic E-state index is 12.4. The van der Waals surface area contributed by atoms with Crippen LogP contribution in [0, 0.1) is 6.92 Å². The van der Waals surface area contributed by atoms with E-state index in [0.717, 1.165) is 11.3 Å². The van der Waals surface area contributed by atoms with Gasteiger partial charge in [-0.25, -0.2) is 0 Å². The SMILES string of the molecule is Cc1cccc(NC(=O)c2cncc(Nc3ccc(Cl)cc3Cl)c2)c1. The fourth-order valence-corrected chi connectivity index (χ4v) is 2.76. The molecule has 2 aromatic carbocycles. The van der Waals surface area contributed by atoms with Crippen LogP contribution >= 0.6 is 23.2 Å². The van der Waals surface area contributed by atoms with E-state index in [-0.39, 0.29) is 5.91 Å². The van der Waals surface area contributed by atoms with Crippen molar-refractivity contribution in [3.63, 3.8) is 0 Å². The molecule has 0 unspecified atom stereocenters. The van der Waals surface area contributed by atoms with Gasteiger partial charge in [0.1, 0.15) is 0 Å². The van der Waals surface area contributed by atoms with E-state index in [1.165, 1.54) is 6.20 Å². The van der Waals surface area contributed by atoms with E-state index in [1.807, 2.05) is 31.2 Å². The molecule has 0 atom stereocenters. The number of halogens is 2. The molecule has 0 radical (unpaired) electrons. The van der Waals surface area contributed by atoms with Gasteiger partial charge >= 0.3 is 0 Å². The second-order valence-electron chi connectivity index (χ2n) is 5.54. The van der Waals surface area contributed by atoms with Crippen molar-refractivity contribution in [1.29, 1.82) is 0 Å². The van der Waals surface area contributed by atoms with Crippen molar-refractivity contribution in [3.05, 3.63) is 82.1 Å². The number of hydrogen-bond acceptors (Lipinski definition) is 3. The van der Waals surface area contributed by atoms with Gasteiger partial charge < -0.3 is 10.6 Å². The van der Waals surface area contributed by atoms with Crippen molar-refractivity contribution in [2.45, 2.75) is 6.92 Å². The fraction of sp³-hybridized carbons (Fsp3) is 0.0526. The highest BCUT2D eigenvalue weighted by Crippen LogP contribution is 2.28. The molecule has 6 heteroatoms. The lowest BCUT2D eigenvalue weighted by molar-refractivity contribution is 0.102. The Hall–Kier alpha value is -2.56. The van der Waals surface area contributed by atoms with Gasteiger partial charge in [0.15, 0.2) is 0 Å². The zero-order chi connectivity index (χ0) is 17.8. The Kier molecular flexibility index (Phi) is 5.22. The molecule has 1 aromatic heterocycles. The number of nitrogens with one attached hydrogen (secondary N) is 2. The molecule has 0 aliphatic carbocycles. The maximum absolute atomic E-state index is 12.4. The quantitative estimate of drug-likeness (QED) is 0.618. The van der Waals surface area contributed by atoms with Crippen LogP contribution in [0.3, 0.4) is 0 Å². The lowest BCUT2D eigenvalue weighted by atomic mass is 10.2. The summed E-state index contributed by atoms with van der Waals surface area (Å²) in [4.78, 5) is 16.5. The summed E-state index contributed by atoms with van der Waals surface area (Å²) in [5, 5.41) is 7.04. The second-order valence-corrected chi connectivity index (χ2v) is 6.38. The summed E-state index contributed by atoms with van der Waals surface area (Å²) in [7, 11) is 0. The molecule has 0 aliphatic heterocycles. The van der Waals surface area contributed by atoms with Gasteiger partial charge in [-0.1, -0.05) is 35.3 Å². The number of hydrogen-bond donors (Lipinski definition) is 2. The summed E-state index contributed by atoms with van der Waals surface area (Å²) in [6.07, 6.45) is 3.13. The monoisotopic (exact) mass is 371 g/mol. The van der Waals surface area contributed by atoms with Gasteiger partial charge in [0, 0.05) is 16.9 Å². The van der Waals surface area contributed by atoms with Crippen molar-refractivity contribution in [2.75, 3.05) is 10.6 Å². The lowest BCUT2D eigenvalue weighted by Crippen LogP contribution is -2.12. The van der Waals surface area contributed by atoms with Crippen molar-refractivity contribution < 1.29 is 4.79 Å². The normalized spacial score (nSPS) is 10.4. The Balaban J connectivity index is 1.77. The number of aryl methyl sites for hydroxylation is 1. The summed E-state index contributed by atoms with van der Waals surface area (Å²) < 4.78 is 0. The number of pyridine rings is 1. The maximum Gasteiger partial charge on any atom is 0.257 e. The summed E-state index contributed by atoms with van der Waals surface area (Å²) in [6, 6.07) is 14.5. The van der Waals surface area contributed by atoms with E-state index >= 15 is 0 Å². The molecule has 1 amide bonds. The number of carbonyl (C=O) groups excluding carboxylic acids is 1. The third-order valence-corrected chi connectivity index (χ3v) is 4.03. The molecular weight excluding hydrogens is 357 g/mol. The Morgan fingerprint density at radius 3 is 2.60 bits per heavy atom. The van der Waals surface area contributed by atoms with Crippen LogP contribution in [0.4, 0.5) is 17.1 Å². The van der Waals surface area contributed by atoms with Crippen molar-refractivity contribution in [2.24, 2.45) is 0 Å². The van der Waals surface area contributed by atoms with Crippen LogP contribution in [0.2, 0.25) is 10.0 Å². The molecule has 1 heterocycles. The molecule has 126 valence electrons. The zero-order valence-corrected chi connectivity index (χ0v) is 14.9. The molecule has 0 aliphatic rings. The van der Waals surface area contributed by atoms with Crippen LogP contribution in [0.15, 0.2) is 60.9 Å². The van der Waals surface area contributed by atoms with Gasteiger partial charge in [0.05, 0.1) is 28.2 Å². The first-order chi connectivity index (χ1) is 12.0. The van der Waals surface area contributed by atoms with Gasteiger partial charge in [-0.15, -0.1) is 0 Å². The van der Waals surface area contributed by atoms with Crippen molar-refractivity contribution >= 4 is 46.2 Å². The Morgan fingerprint density at radius 2 is 1.84 bits per heavy atom. The zero-order valence-electron chi connectivity index (χ0n) is 13.4. The number of anilines is 3. The lowest BCUT2D eigenvalue weighted by Gasteiger charge is -2.10. The average molecular weight is 372 g/mol. The largest absolute Gasteiger partial charge is 0.353 e. The van der Waals surface area contributed by atoms with E-state index in [4.69, 9.17) is 23.2 Å². The number of aromatic nitrogens is 1. The van der Waals surface area contributed by atoms with E-state index in [0.29, 0.717) is 27.0 Å². The van der Waals surface area contributed by atoms with Crippen LogP contribution in [0.1, 0.15) is 15.9 Å². The summed E-state index contributed by atoms with van der Waals surface area (Å²) >= 11 is 12.1. The Morgan fingerprint density at radius 1 is 1.00 bits per heavy atom. The minimum atomic E-state index is -0.232. The first-order valence-corrected chi connectivity index (χ1v) is 8.32. The van der Waals surface area contributed by atoms with Gasteiger partial charge in [-0.2, -0.15) is 0 Å². The first-order valence-electron chi connectivity index (χ1n) is 7.56. The van der Waals surface area contributed by atoms with Gasteiger partial charge in [0.25, 0.3) is 5.91 Å². The molecule has 4 nitrogen and oxygen atoms in total. The molecular formula is C19H15Cl2N3O. The molecule has 25 heavy (non-hydrogen) atoms. The fourth-order valence-electron chi connectivity index (χ4n) is 2.30. The molecule has 2 N–H and O–H groups in total. The van der Waals surface area contributed by atoms with E-state index in [9.17, 15) is 4.79 Å². The summed E-state index contributed by atoms with van der Waals surface area (Å²) in [5.41, 5.74) is 3.59. The molecule has 3 rings (SSSR count).